The van der Waals surface area contributed by atoms with Crippen molar-refractivity contribution in [3.8, 4) is 0 Å². The van der Waals surface area contributed by atoms with E-state index in [-0.39, 0.29) is 53.5 Å². The molecule has 1 unspecified atom stereocenters. The van der Waals surface area contributed by atoms with Crippen molar-refractivity contribution in [2.24, 2.45) is 46.8 Å². The Balaban J connectivity index is 1.46. The number of allylic oxidation sites excluding steroid dienone is 4. The second kappa shape index (κ2) is 7.61. The molecule has 0 radical (unpaired) electrons. The monoisotopic (exact) mass is 456 g/mol. The van der Waals surface area contributed by atoms with E-state index in [1.807, 2.05) is 26.8 Å². The summed E-state index contributed by atoms with van der Waals surface area (Å²) in [5.74, 6) is -1.65. The first-order valence-corrected chi connectivity index (χ1v) is 12.5. The van der Waals surface area contributed by atoms with E-state index in [0.717, 1.165) is 18.4 Å². The third kappa shape index (κ3) is 3.16. The Morgan fingerprint density at radius 3 is 2.58 bits per heavy atom. The van der Waals surface area contributed by atoms with Gasteiger partial charge in [0.05, 0.1) is 17.4 Å². The molecule has 6 nitrogen and oxygen atoms in total. The van der Waals surface area contributed by atoms with Crippen LogP contribution in [-0.2, 0) is 19.1 Å². The summed E-state index contributed by atoms with van der Waals surface area (Å²) in [6.45, 7) is 7.41. The molecule has 5 rings (SSSR count). The molecule has 0 aromatic heterocycles. The van der Waals surface area contributed by atoms with Crippen LogP contribution in [0.15, 0.2) is 23.8 Å². The zero-order valence-electron chi connectivity index (χ0n) is 20.0. The summed E-state index contributed by atoms with van der Waals surface area (Å²) >= 11 is 0. The molecule has 2 saturated carbocycles. The molecule has 0 amide bonds. The van der Waals surface area contributed by atoms with Gasteiger partial charge in [0.1, 0.15) is 17.5 Å². The molecule has 0 spiro atoms. The molecule has 11 atom stereocenters. The van der Waals surface area contributed by atoms with E-state index in [2.05, 4.69) is 6.08 Å². The Morgan fingerprint density at radius 2 is 1.88 bits per heavy atom. The van der Waals surface area contributed by atoms with E-state index >= 15 is 0 Å². The number of ether oxygens (including phenoxy) is 1. The lowest BCUT2D eigenvalue weighted by atomic mass is 9.50. The number of hydrogen-bond acceptors (Lipinski definition) is 6. The first-order chi connectivity index (χ1) is 15.5. The maximum atomic E-state index is 13.6. The molecule has 0 bridgehead atoms. The number of esters is 1. The van der Waals surface area contributed by atoms with Crippen molar-refractivity contribution in [1.82, 2.24) is 0 Å². The predicted octanol–water partition coefficient (Wildman–Crippen LogP) is 3.01. The second-order valence-electron chi connectivity index (χ2n) is 11.8. The normalized spacial score (nSPS) is 48.8. The predicted molar refractivity (Wildman–Crippen MR) is 121 cm³/mol. The standard InChI is InChI=1S/C27H36O6/c1-13-10-22(33-25(31)14(13)2)27(4,32)24-20(29)11-17-16-9-8-15-6-5-7-21(30)26(15,3)18(16)12-19(28)23(17)24/h5,7-8,13-14,16-18,20,22-24,29,32H,6,9-12H2,1-4H3/t13-,14+,16-,17-,18-,20-,22?,23+,24-,26-,27-/m0/s1. The van der Waals surface area contributed by atoms with Gasteiger partial charge >= 0.3 is 5.97 Å². The molecule has 6 heteroatoms. The summed E-state index contributed by atoms with van der Waals surface area (Å²) < 4.78 is 5.64. The molecule has 5 aliphatic rings. The Kier molecular flexibility index (Phi) is 5.30. The zero-order valence-corrected chi connectivity index (χ0v) is 20.0. The quantitative estimate of drug-likeness (QED) is 0.489. The number of Topliss-reactive ketones (excluding diaryl/α,β-unsaturated/α-hetero) is 1. The number of hydrogen-bond donors (Lipinski definition) is 2. The van der Waals surface area contributed by atoms with Crippen molar-refractivity contribution < 1.29 is 29.3 Å². The Morgan fingerprint density at radius 1 is 1.15 bits per heavy atom. The molecular weight excluding hydrogens is 420 g/mol. The third-order valence-corrected chi connectivity index (χ3v) is 10.2. The number of aliphatic hydroxyl groups excluding tert-OH is 1. The van der Waals surface area contributed by atoms with Gasteiger partial charge in [-0.1, -0.05) is 31.6 Å². The lowest BCUT2D eigenvalue weighted by Crippen LogP contribution is -2.58. The first kappa shape index (κ1) is 23.0. The summed E-state index contributed by atoms with van der Waals surface area (Å²) in [6, 6.07) is 0. The average molecular weight is 457 g/mol. The number of cyclic esters (lactones) is 1. The van der Waals surface area contributed by atoms with Crippen molar-refractivity contribution >= 4 is 17.5 Å². The van der Waals surface area contributed by atoms with Crippen LogP contribution in [-0.4, -0.2) is 45.6 Å². The Labute approximate surface area is 195 Å². The van der Waals surface area contributed by atoms with Crippen molar-refractivity contribution in [2.45, 2.75) is 77.6 Å². The molecule has 180 valence electrons. The van der Waals surface area contributed by atoms with Gasteiger partial charge in [0.15, 0.2) is 5.78 Å². The first-order valence-electron chi connectivity index (χ1n) is 12.5. The number of aliphatic hydroxyl groups is 2. The Bertz CT molecular complexity index is 946. The van der Waals surface area contributed by atoms with Crippen molar-refractivity contribution in [3.63, 3.8) is 0 Å². The number of carbonyl (C=O) groups excluding carboxylic acids is 3. The maximum absolute atomic E-state index is 13.6. The fraction of sp³-hybridized carbons (Fsp3) is 0.741. The van der Waals surface area contributed by atoms with Crippen LogP contribution in [0.2, 0.25) is 0 Å². The van der Waals surface area contributed by atoms with Gasteiger partial charge in [-0.2, -0.15) is 0 Å². The van der Waals surface area contributed by atoms with Crippen LogP contribution >= 0.6 is 0 Å². The van der Waals surface area contributed by atoms with Crippen LogP contribution in [0.4, 0.5) is 0 Å². The van der Waals surface area contributed by atoms with Crippen LogP contribution in [0, 0.1) is 46.8 Å². The smallest absolute Gasteiger partial charge is 0.309 e. The minimum absolute atomic E-state index is 0.0245. The van der Waals surface area contributed by atoms with Gasteiger partial charge in [-0.3, -0.25) is 14.4 Å². The van der Waals surface area contributed by atoms with Crippen molar-refractivity contribution in [2.75, 3.05) is 0 Å². The van der Waals surface area contributed by atoms with Gasteiger partial charge in [0.2, 0.25) is 0 Å². The van der Waals surface area contributed by atoms with Crippen LogP contribution in [0.5, 0.6) is 0 Å². The molecule has 0 aromatic carbocycles. The van der Waals surface area contributed by atoms with Gasteiger partial charge in [-0.15, -0.1) is 0 Å². The number of rotatable bonds is 2. The van der Waals surface area contributed by atoms with Crippen LogP contribution in [0.1, 0.15) is 59.8 Å². The summed E-state index contributed by atoms with van der Waals surface area (Å²) in [4.78, 5) is 39.0. The van der Waals surface area contributed by atoms with E-state index in [9.17, 15) is 24.6 Å². The highest BCUT2D eigenvalue weighted by atomic mass is 16.6. The summed E-state index contributed by atoms with van der Waals surface area (Å²) in [7, 11) is 0. The summed E-state index contributed by atoms with van der Waals surface area (Å²) in [5, 5.41) is 22.9. The lowest BCUT2D eigenvalue weighted by Gasteiger charge is -2.53. The number of fused-ring (bicyclic) bond motifs is 5. The van der Waals surface area contributed by atoms with E-state index < -0.39 is 35.1 Å². The largest absolute Gasteiger partial charge is 0.459 e. The zero-order chi connectivity index (χ0) is 23.9. The van der Waals surface area contributed by atoms with Crippen molar-refractivity contribution in [3.05, 3.63) is 23.8 Å². The molecule has 33 heavy (non-hydrogen) atoms. The fourth-order valence-electron chi connectivity index (χ4n) is 7.96. The minimum atomic E-state index is -1.51. The highest BCUT2D eigenvalue weighted by Crippen LogP contribution is 2.61. The maximum Gasteiger partial charge on any atom is 0.309 e. The number of carbonyl (C=O) groups is 3. The fourth-order valence-corrected chi connectivity index (χ4v) is 7.96. The van der Waals surface area contributed by atoms with Crippen LogP contribution < -0.4 is 0 Å². The van der Waals surface area contributed by atoms with Gasteiger partial charge in [0, 0.05) is 18.3 Å². The van der Waals surface area contributed by atoms with Gasteiger partial charge in [-0.05, 0) is 69.3 Å². The van der Waals surface area contributed by atoms with Gasteiger partial charge < -0.3 is 14.9 Å². The molecule has 1 saturated heterocycles. The van der Waals surface area contributed by atoms with E-state index in [4.69, 9.17) is 4.74 Å². The minimum Gasteiger partial charge on any atom is -0.459 e. The van der Waals surface area contributed by atoms with Crippen LogP contribution in [0.25, 0.3) is 0 Å². The molecule has 3 fully saturated rings. The van der Waals surface area contributed by atoms with E-state index in [1.54, 1.807) is 13.0 Å². The molecule has 4 aliphatic carbocycles. The molecule has 1 aliphatic heterocycles. The third-order valence-electron chi connectivity index (χ3n) is 10.2. The Hall–Kier alpha value is -1.79. The summed E-state index contributed by atoms with van der Waals surface area (Å²) in [6.07, 6.45) is 6.90. The number of ketones is 2. The van der Waals surface area contributed by atoms with Gasteiger partial charge in [-0.25, -0.2) is 0 Å². The highest BCUT2D eigenvalue weighted by Gasteiger charge is 2.64. The second-order valence-corrected chi connectivity index (χ2v) is 11.8. The van der Waals surface area contributed by atoms with E-state index in [0.29, 0.717) is 12.8 Å². The van der Waals surface area contributed by atoms with Crippen molar-refractivity contribution in [1.29, 1.82) is 0 Å². The van der Waals surface area contributed by atoms with Gasteiger partial charge in [0.25, 0.3) is 0 Å². The molecular formula is C27H36O6. The lowest BCUT2D eigenvalue weighted by molar-refractivity contribution is -0.199. The highest BCUT2D eigenvalue weighted by molar-refractivity contribution is 5.99. The molecule has 0 aromatic rings. The average Bonchev–Trinajstić information content (AvgIpc) is 3.11. The SMILES string of the molecule is C[C@H]1CC([C@](C)(O)[C@@H]2[C@H]3C(=O)C[C@H]4[C@@H](CC=C5CC=CC(=O)[C@@]54C)[C@@H]3C[C@@H]2O)OC(=O)[C@@H]1C. The molecule has 2 N–H and O–H groups in total. The van der Waals surface area contributed by atoms with E-state index in [1.165, 1.54) is 0 Å². The van der Waals surface area contributed by atoms with Crippen LogP contribution in [0.3, 0.4) is 0 Å². The topological polar surface area (TPSA) is 101 Å². The summed E-state index contributed by atoms with van der Waals surface area (Å²) in [5.41, 5.74) is -1.05. The molecule has 1 heterocycles.